The quantitative estimate of drug-likeness (QED) is 0.639. The average Bonchev–Trinajstić information content (AvgIpc) is 2.36. The fourth-order valence-corrected chi connectivity index (χ4v) is 4.08. The summed E-state index contributed by atoms with van der Waals surface area (Å²) in [5.41, 5.74) is 9.99. The van der Waals surface area contributed by atoms with Gasteiger partial charge in [-0.2, -0.15) is 5.10 Å². The Kier molecular flexibility index (Phi) is 5.73. The zero-order chi connectivity index (χ0) is 15.6. The van der Waals surface area contributed by atoms with Crippen LogP contribution in [-0.4, -0.2) is 42.1 Å². The van der Waals surface area contributed by atoms with E-state index >= 15 is 0 Å². The van der Waals surface area contributed by atoms with Crippen LogP contribution in [0.1, 0.15) is 5.56 Å². The van der Waals surface area contributed by atoms with Gasteiger partial charge in [0.25, 0.3) is 0 Å². The van der Waals surface area contributed by atoms with Crippen molar-refractivity contribution in [1.29, 1.82) is 0 Å². The Balaban J connectivity index is 2.46. The Hall–Kier alpha value is -0.530. The van der Waals surface area contributed by atoms with Crippen molar-refractivity contribution in [3.05, 3.63) is 27.7 Å². The fourth-order valence-electron chi connectivity index (χ4n) is 2.23. The third-order valence-corrected chi connectivity index (χ3v) is 4.99. The van der Waals surface area contributed by atoms with Crippen LogP contribution in [0.25, 0.3) is 0 Å². The lowest BCUT2D eigenvalue weighted by Gasteiger charge is -2.29. The second-order valence-electron chi connectivity index (χ2n) is 5.01. The molecule has 0 saturated heterocycles. The topological polar surface area (TPSA) is 53.6 Å². The van der Waals surface area contributed by atoms with E-state index in [-0.39, 0.29) is 11.0 Å². The van der Waals surface area contributed by atoms with Crippen LogP contribution in [0.5, 0.6) is 0 Å². The number of nitrogens with zero attached hydrogens (tertiary/aromatic N) is 2. The number of nitrogens with one attached hydrogen (secondary N) is 1. The van der Waals surface area contributed by atoms with Crippen LogP contribution >= 0.6 is 47.2 Å². The SMILES string of the molecule is CN(C)CC1CSc2c(Cl)cc(Cl)cc2C1=NNC(N)=S. The molecule has 114 valence electrons. The van der Waals surface area contributed by atoms with E-state index in [9.17, 15) is 0 Å². The Labute approximate surface area is 144 Å². The summed E-state index contributed by atoms with van der Waals surface area (Å²) in [4.78, 5) is 3.12. The van der Waals surface area contributed by atoms with Crippen LogP contribution in [0.4, 0.5) is 0 Å². The molecule has 1 aromatic rings. The number of fused-ring (bicyclic) bond motifs is 1. The van der Waals surface area contributed by atoms with E-state index in [0.29, 0.717) is 10.0 Å². The molecule has 0 bridgehead atoms. The number of halogens is 2. The maximum absolute atomic E-state index is 6.29. The monoisotopic (exact) mass is 362 g/mol. The zero-order valence-corrected chi connectivity index (χ0v) is 14.8. The Morgan fingerprint density at radius 2 is 2.24 bits per heavy atom. The maximum Gasteiger partial charge on any atom is 0.184 e. The van der Waals surface area contributed by atoms with Gasteiger partial charge >= 0.3 is 0 Å². The molecule has 2 rings (SSSR count). The third-order valence-electron chi connectivity index (χ3n) is 2.97. The van der Waals surface area contributed by atoms with Gasteiger partial charge < -0.3 is 10.6 Å². The number of rotatable bonds is 3. The molecule has 4 nitrogen and oxygen atoms in total. The summed E-state index contributed by atoms with van der Waals surface area (Å²) in [7, 11) is 4.06. The third kappa shape index (κ3) is 4.23. The summed E-state index contributed by atoms with van der Waals surface area (Å²) in [5.74, 6) is 1.14. The van der Waals surface area contributed by atoms with Crippen LogP contribution in [-0.2, 0) is 0 Å². The summed E-state index contributed by atoms with van der Waals surface area (Å²) in [6.45, 7) is 0.869. The Bertz CT molecular complexity index is 590. The molecule has 0 spiro atoms. The number of thiocarbonyl (C=S) groups is 1. The molecule has 0 radical (unpaired) electrons. The standard InChI is InChI=1S/C13H16Cl2N4S2/c1-19(2)5-7-6-21-12-9(3-8(14)4-10(12)15)11(7)17-18-13(16)20/h3-4,7H,5-6H2,1-2H3,(H3,16,18,20). The highest BCUT2D eigenvalue weighted by atomic mass is 35.5. The lowest BCUT2D eigenvalue weighted by atomic mass is 9.97. The molecule has 1 unspecified atom stereocenters. The minimum Gasteiger partial charge on any atom is -0.375 e. The van der Waals surface area contributed by atoms with Crippen molar-refractivity contribution in [1.82, 2.24) is 10.3 Å². The summed E-state index contributed by atoms with van der Waals surface area (Å²) >= 11 is 19.0. The molecule has 1 aliphatic rings. The van der Waals surface area contributed by atoms with Crippen molar-refractivity contribution >= 4 is 58.0 Å². The van der Waals surface area contributed by atoms with Crippen LogP contribution in [0.3, 0.4) is 0 Å². The van der Waals surface area contributed by atoms with Crippen LogP contribution < -0.4 is 11.2 Å². The highest BCUT2D eigenvalue weighted by Crippen LogP contribution is 2.40. The van der Waals surface area contributed by atoms with Crippen molar-refractivity contribution in [2.45, 2.75) is 4.90 Å². The van der Waals surface area contributed by atoms with E-state index in [2.05, 4.69) is 15.4 Å². The van der Waals surface area contributed by atoms with Gasteiger partial charge in [0.05, 0.1) is 10.7 Å². The molecule has 1 atom stereocenters. The lowest BCUT2D eigenvalue weighted by molar-refractivity contribution is 0.382. The summed E-state index contributed by atoms with van der Waals surface area (Å²) in [5, 5.41) is 5.76. The van der Waals surface area contributed by atoms with E-state index in [4.69, 9.17) is 41.2 Å². The molecule has 0 aromatic heterocycles. The average molecular weight is 363 g/mol. The number of thioether (sulfide) groups is 1. The first-order valence-corrected chi connectivity index (χ1v) is 8.43. The molecule has 1 aliphatic heterocycles. The highest BCUT2D eigenvalue weighted by molar-refractivity contribution is 7.99. The molecule has 0 fully saturated rings. The van der Waals surface area contributed by atoms with Gasteiger partial charge in [0, 0.05) is 33.7 Å². The molecule has 8 heteroatoms. The minimum atomic E-state index is 0.138. The largest absolute Gasteiger partial charge is 0.375 e. The van der Waals surface area contributed by atoms with Gasteiger partial charge in [0.15, 0.2) is 5.11 Å². The normalized spacial score (nSPS) is 19.7. The van der Waals surface area contributed by atoms with Crippen LogP contribution in [0.2, 0.25) is 10.0 Å². The van der Waals surface area contributed by atoms with Crippen LogP contribution in [0, 0.1) is 5.92 Å². The van der Waals surface area contributed by atoms with Gasteiger partial charge in [-0.15, -0.1) is 11.8 Å². The first-order valence-electron chi connectivity index (χ1n) is 6.28. The molecule has 3 N–H and O–H groups in total. The smallest absolute Gasteiger partial charge is 0.184 e. The molecular formula is C13H16Cl2N4S2. The van der Waals surface area contributed by atoms with Crippen molar-refractivity contribution in [2.24, 2.45) is 16.8 Å². The molecule has 0 aliphatic carbocycles. The summed E-state index contributed by atoms with van der Waals surface area (Å²) < 4.78 is 0. The molecule has 0 amide bonds. The van der Waals surface area contributed by atoms with Gasteiger partial charge in [-0.1, -0.05) is 23.2 Å². The number of nitrogens with two attached hydrogens (primary N) is 1. The summed E-state index contributed by atoms with van der Waals surface area (Å²) in [6.07, 6.45) is 0. The Morgan fingerprint density at radius 3 is 2.86 bits per heavy atom. The predicted molar refractivity (Wildman–Crippen MR) is 95.7 cm³/mol. The molecular weight excluding hydrogens is 347 g/mol. The molecule has 1 heterocycles. The van der Waals surface area contributed by atoms with Gasteiger partial charge in [-0.3, -0.25) is 5.43 Å². The van der Waals surface area contributed by atoms with Gasteiger partial charge in [-0.25, -0.2) is 0 Å². The summed E-state index contributed by atoms with van der Waals surface area (Å²) in [6, 6.07) is 3.64. The predicted octanol–water partition coefficient (Wildman–Crippen LogP) is 2.81. The van der Waals surface area contributed by atoms with E-state index in [1.807, 2.05) is 20.2 Å². The number of hydrogen-bond donors (Lipinski definition) is 2. The Morgan fingerprint density at radius 1 is 1.52 bits per heavy atom. The lowest BCUT2D eigenvalue weighted by Crippen LogP contribution is -2.35. The van der Waals surface area contributed by atoms with E-state index < -0.39 is 0 Å². The molecule has 21 heavy (non-hydrogen) atoms. The number of hydrazone groups is 1. The van der Waals surface area contributed by atoms with Gasteiger partial charge in [0.1, 0.15) is 0 Å². The van der Waals surface area contributed by atoms with Crippen molar-refractivity contribution < 1.29 is 0 Å². The number of benzene rings is 1. The van der Waals surface area contributed by atoms with E-state index in [1.165, 1.54) is 0 Å². The van der Waals surface area contributed by atoms with Gasteiger partial charge in [0.2, 0.25) is 0 Å². The molecule has 1 aromatic carbocycles. The van der Waals surface area contributed by atoms with Gasteiger partial charge in [-0.05, 0) is 38.4 Å². The van der Waals surface area contributed by atoms with Crippen molar-refractivity contribution in [2.75, 3.05) is 26.4 Å². The van der Waals surface area contributed by atoms with E-state index in [1.54, 1.807) is 17.8 Å². The second-order valence-corrected chi connectivity index (χ2v) is 7.32. The number of hydrogen-bond acceptors (Lipinski definition) is 4. The van der Waals surface area contributed by atoms with Crippen LogP contribution in [0.15, 0.2) is 22.1 Å². The molecule has 0 saturated carbocycles. The zero-order valence-electron chi connectivity index (χ0n) is 11.7. The second kappa shape index (κ2) is 7.15. The van der Waals surface area contributed by atoms with Crippen molar-refractivity contribution in [3.8, 4) is 0 Å². The highest BCUT2D eigenvalue weighted by Gasteiger charge is 2.28. The first kappa shape index (κ1) is 16.8. The first-order chi connectivity index (χ1) is 9.88. The maximum atomic E-state index is 6.29. The van der Waals surface area contributed by atoms with E-state index in [0.717, 1.165) is 28.5 Å². The van der Waals surface area contributed by atoms with Crippen molar-refractivity contribution in [3.63, 3.8) is 0 Å². The fraction of sp³-hybridized carbons (Fsp3) is 0.385. The minimum absolute atomic E-state index is 0.138.